The smallest absolute Gasteiger partial charge is 0.125 e. The highest BCUT2D eigenvalue weighted by atomic mass is 19.1. The van der Waals surface area contributed by atoms with Gasteiger partial charge in [0.2, 0.25) is 0 Å². The molecule has 0 aliphatic heterocycles. The van der Waals surface area contributed by atoms with Gasteiger partial charge in [-0.05, 0) is 31.5 Å². The number of hydrogen-bond acceptors (Lipinski definition) is 3. The summed E-state index contributed by atoms with van der Waals surface area (Å²) in [6.45, 7) is 5.20. The van der Waals surface area contributed by atoms with Crippen LogP contribution < -0.4 is 4.74 Å². The Morgan fingerprint density at radius 1 is 1.29 bits per heavy atom. The first kappa shape index (κ1) is 13.9. The molecule has 0 aromatic heterocycles. The van der Waals surface area contributed by atoms with Crippen LogP contribution in [0.1, 0.15) is 31.9 Å². The van der Waals surface area contributed by atoms with Crippen LogP contribution in [0.5, 0.6) is 5.75 Å². The maximum atomic E-state index is 13.0. The van der Waals surface area contributed by atoms with Gasteiger partial charge in [-0.2, -0.15) is 0 Å². The minimum absolute atomic E-state index is 0.379. The van der Waals surface area contributed by atoms with Crippen molar-refractivity contribution >= 4 is 0 Å². The molecule has 4 heteroatoms. The number of ether oxygens (including phenoxy) is 2. The van der Waals surface area contributed by atoms with Gasteiger partial charge in [-0.1, -0.05) is 6.92 Å². The molecule has 1 N–H and O–H groups in total. The second-order valence-electron chi connectivity index (χ2n) is 3.82. The van der Waals surface area contributed by atoms with E-state index in [0.29, 0.717) is 31.1 Å². The van der Waals surface area contributed by atoms with Gasteiger partial charge in [0.1, 0.15) is 18.2 Å². The van der Waals surface area contributed by atoms with Crippen molar-refractivity contribution in [1.29, 1.82) is 0 Å². The molecule has 0 aliphatic carbocycles. The Hall–Kier alpha value is -1.13. The molecule has 0 saturated carbocycles. The number of hydrogen-bond donors (Lipinski definition) is 1. The highest BCUT2D eigenvalue weighted by Gasteiger charge is 2.10. The first-order chi connectivity index (χ1) is 8.15. The molecule has 1 aromatic carbocycles. The van der Waals surface area contributed by atoms with Crippen LogP contribution in [0.3, 0.4) is 0 Å². The van der Waals surface area contributed by atoms with Crippen molar-refractivity contribution in [1.82, 2.24) is 0 Å². The Bertz CT molecular complexity index is 339. The van der Waals surface area contributed by atoms with E-state index in [9.17, 15) is 9.50 Å². The van der Waals surface area contributed by atoms with E-state index in [1.807, 2.05) is 6.92 Å². The fraction of sp³-hybridized carbons (Fsp3) is 0.538. The van der Waals surface area contributed by atoms with Crippen molar-refractivity contribution in [2.24, 2.45) is 0 Å². The molecule has 96 valence electrons. The van der Waals surface area contributed by atoms with Gasteiger partial charge in [-0.25, -0.2) is 4.39 Å². The number of aliphatic hydroxyl groups excluding tert-OH is 1. The molecule has 17 heavy (non-hydrogen) atoms. The number of halogens is 1. The minimum Gasteiger partial charge on any atom is -0.491 e. The summed E-state index contributed by atoms with van der Waals surface area (Å²) in [7, 11) is 0. The van der Waals surface area contributed by atoms with Crippen molar-refractivity contribution in [3.8, 4) is 5.75 Å². The number of benzene rings is 1. The molecule has 0 spiro atoms. The average Bonchev–Trinajstić information content (AvgIpc) is 2.30. The SMILES string of the molecule is CCCOCCOc1ccc(F)cc1[C@H](C)O. The van der Waals surface area contributed by atoms with E-state index in [2.05, 4.69) is 0 Å². The zero-order valence-corrected chi connectivity index (χ0v) is 10.3. The van der Waals surface area contributed by atoms with Crippen LogP contribution in [0.4, 0.5) is 4.39 Å². The van der Waals surface area contributed by atoms with Gasteiger partial charge in [0.15, 0.2) is 0 Å². The molecule has 0 saturated heterocycles. The zero-order valence-electron chi connectivity index (χ0n) is 10.3. The van der Waals surface area contributed by atoms with Gasteiger partial charge in [-0.3, -0.25) is 0 Å². The molecule has 1 rings (SSSR count). The molecule has 3 nitrogen and oxygen atoms in total. The second-order valence-corrected chi connectivity index (χ2v) is 3.82. The molecule has 0 heterocycles. The zero-order chi connectivity index (χ0) is 12.7. The van der Waals surface area contributed by atoms with Crippen LogP contribution in [0, 0.1) is 5.82 Å². The first-order valence-electron chi connectivity index (χ1n) is 5.83. The van der Waals surface area contributed by atoms with E-state index in [0.717, 1.165) is 6.42 Å². The van der Waals surface area contributed by atoms with Crippen LogP contribution in [0.2, 0.25) is 0 Å². The maximum Gasteiger partial charge on any atom is 0.125 e. The van der Waals surface area contributed by atoms with Gasteiger partial charge in [0, 0.05) is 12.2 Å². The minimum atomic E-state index is -0.753. The lowest BCUT2D eigenvalue weighted by Crippen LogP contribution is -2.09. The van der Waals surface area contributed by atoms with Gasteiger partial charge in [0.25, 0.3) is 0 Å². The van der Waals surface area contributed by atoms with E-state index < -0.39 is 6.10 Å². The first-order valence-corrected chi connectivity index (χ1v) is 5.83. The second kappa shape index (κ2) is 7.25. The third-order valence-electron chi connectivity index (χ3n) is 2.26. The quantitative estimate of drug-likeness (QED) is 0.747. The number of aliphatic hydroxyl groups is 1. The van der Waals surface area contributed by atoms with E-state index in [-0.39, 0.29) is 5.82 Å². The van der Waals surface area contributed by atoms with Crippen LogP contribution >= 0.6 is 0 Å². The summed E-state index contributed by atoms with van der Waals surface area (Å²) in [4.78, 5) is 0. The van der Waals surface area contributed by atoms with Crippen molar-refractivity contribution in [3.63, 3.8) is 0 Å². The molecule has 0 aliphatic rings. The monoisotopic (exact) mass is 242 g/mol. The maximum absolute atomic E-state index is 13.0. The van der Waals surface area contributed by atoms with E-state index >= 15 is 0 Å². The van der Waals surface area contributed by atoms with Crippen LogP contribution in [-0.4, -0.2) is 24.9 Å². The van der Waals surface area contributed by atoms with Crippen molar-refractivity contribution in [3.05, 3.63) is 29.6 Å². The molecule has 1 atom stereocenters. The molecule has 0 radical (unpaired) electrons. The van der Waals surface area contributed by atoms with Crippen molar-refractivity contribution in [2.45, 2.75) is 26.4 Å². The fourth-order valence-corrected chi connectivity index (χ4v) is 1.43. The Balaban J connectivity index is 2.52. The van der Waals surface area contributed by atoms with E-state index in [4.69, 9.17) is 9.47 Å². The van der Waals surface area contributed by atoms with Crippen molar-refractivity contribution < 1.29 is 19.0 Å². The van der Waals surface area contributed by atoms with Gasteiger partial charge in [-0.15, -0.1) is 0 Å². The molecule has 0 amide bonds. The summed E-state index contributed by atoms with van der Waals surface area (Å²) < 4.78 is 23.7. The molecule has 0 fully saturated rings. The standard InChI is InChI=1S/C13H19FO3/c1-3-6-16-7-8-17-13-5-4-11(14)9-12(13)10(2)15/h4-5,9-10,15H,3,6-8H2,1-2H3/t10-/m0/s1. The predicted octanol–water partition coefficient (Wildman–Crippen LogP) is 2.68. The molecule has 0 bridgehead atoms. The summed E-state index contributed by atoms with van der Waals surface area (Å²) in [5.74, 6) is 0.122. The topological polar surface area (TPSA) is 38.7 Å². The molecular weight excluding hydrogens is 223 g/mol. The Labute approximate surface area is 101 Å². The lowest BCUT2D eigenvalue weighted by atomic mass is 10.1. The van der Waals surface area contributed by atoms with E-state index in [1.54, 1.807) is 6.92 Å². The summed E-state index contributed by atoms with van der Waals surface area (Å²) in [6, 6.07) is 4.12. The predicted molar refractivity (Wildman–Crippen MR) is 63.6 cm³/mol. The molecule has 1 aromatic rings. The van der Waals surface area contributed by atoms with Crippen LogP contribution in [-0.2, 0) is 4.74 Å². The highest BCUT2D eigenvalue weighted by molar-refractivity contribution is 5.35. The van der Waals surface area contributed by atoms with Crippen LogP contribution in [0.15, 0.2) is 18.2 Å². The van der Waals surface area contributed by atoms with Gasteiger partial charge >= 0.3 is 0 Å². The molecule has 0 unspecified atom stereocenters. The summed E-state index contributed by atoms with van der Waals surface area (Å²) in [5, 5.41) is 9.49. The Morgan fingerprint density at radius 2 is 2.06 bits per heavy atom. The van der Waals surface area contributed by atoms with Gasteiger partial charge < -0.3 is 14.6 Å². The Morgan fingerprint density at radius 3 is 2.71 bits per heavy atom. The van der Waals surface area contributed by atoms with E-state index in [1.165, 1.54) is 18.2 Å². The third kappa shape index (κ3) is 4.71. The fourth-order valence-electron chi connectivity index (χ4n) is 1.43. The summed E-state index contributed by atoms with van der Waals surface area (Å²) in [5.41, 5.74) is 0.459. The third-order valence-corrected chi connectivity index (χ3v) is 2.26. The lowest BCUT2D eigenvalue weighted by Gasteiger charge is -2.13. The molecular formula is C13H19FO3. The van der Waals surface area contributed by atoms with Gasteiger partial charge in [0.05, 0.1) is 12.7 Å². The Kier molecular flexibility index (Phi) is 5.94. The summed E-state index contributed by atoms with van der Waals surface area (Å²) in [6.07, 6.45) is 0.215. The highest BCUT2D eigenvalue weighted by Crippen LogP contribution is 2.25. The van der Waals surface area contributed by atoms with Crippen molar-refractivity contribution in [2.75, 3.05) is 19.8 Å². The largest absolute Gasteiger partial charge is 0.491 e. The summed E-state index contributed by atoms with van der Waals surface area (Å²) >= 11 is 0. The number of rotatable bonds is 7. The average molecular weight is 242 g/mol. The lowest BCUT2D eigenvalue weighted by molar-refractivity contribution is 0.0986. The van der Waals surface area contributed by atoms with Crippen LogP contribution in [0.25, 0.3) is 0 Å². The normalized spacial score (nSPS) is 12.5.